The van der Waals surface area contributed by atoms with Gasteiger partial charge in [-0.1, -0.05) is 13.0 Å². The van der Waals surface area contributed by atoms with Crippen molar-refractivity contribution in [2.45, 2.75) is 39.2 Å². The van der Waals surface area contributed by atoms with Gasteiger partial charge in [0, 0.05) is 11.3 Å². The second-order valence-electron chi connectivity index (χ2n) is 5.59. The van der Waals surface area contributed by atoms with Crippen LogP contribution in [0.3, 0.4) is 0 Å². The van der Waals surface area contributed by atoms with E-state index in [0.29, 0.717) is 18.3 Å². The lowest BCUT2D eigenvalue weighted by Crippen LogP contribution is -2.36. The highest BCUT2D eigenvalue weighted by Gasteiger charge is 2.22. The predicted molar refractivity (Wildman–Crippen MR) is 80.3 cm³/mol. The average Bonchev–Trinajstić information content (AvgIpc) is 2.93. The van der Waals surface area contributed by atoms with Crippen molar-refractivity contribution in [3.8, 4) is 0 Å². The van der Waals surface area contributed by atoms with Crippen molar-refractivity contribution in [2.24, 2.45) is 11.8 Å². The third-order valence-corrected chi connectivity index (χ3v) is 5.05. The van der Waals surface area contributed by atoms with Crippen LogP contribution in [0.5, 0.6) is 0 Å². The largest absolute Gasteiger partial charge is 0.349 e. The van der Waals surface area contributed by atoms with Gasteiger partial charge in [0.25, 0.3) is 0 Å². The van der Waals surface area contributed by atoms with Crippen LogP contribution >= 0.6 is 11.3 Å². The Hall–Kier alpha value is -0.870. The lowest BCUT2D eigenvalue weighted by atomic mass is 9.85. The molecule has 0 spiro atoms. The van der Waals surface area contributed by atoms with E-state index in [9.17, 15) is 4.79 Å². The summed E-state index contributed by atoms with van der Waals surface area (Å²) in [5, 5.41) is 8.58. The fourth-order valence-corrected chi connectivity index (χ4v) is 3.47. The molecule has 1 aliphatic rings. The number of amides is 1. The van der Waals surface area contributed by atoms with E-state index in [-0.39, 0.29) is 11.9 Å². The quantitative estimate of drug-likeness (QED) is 0.870. The van der Waals surface area contributed by atoms with Crippen molar-refractivity contribution >= 4 is 17.2 Å². The molecule has 1 amide bonds. The maximum Gasteiger partial charge on any atom is 0.220 e. The number of hydrogen-bond acceptors (Lipinski definition) is 3. The van der Waals surface area contributed by atoms with Crippen molar-refractivity contribution in [3.05, 3.63) is 22.4 Å². The Kier molecular flexibility index (Phi) is 5.40. The summed E-state index contributed by atoms with van der Waals surface area (Å²) in [6, 6.07) is 4.23. The van der Waals surface area contributed by atoms with Crippen LogP contribution in [0.15, 0.2) is 17.5 Å². The Morgan fingerprint density at radius 3 is 3.05 bits per heavy atom. The van der Waals surface area contributed by atoms with Gasteiger partial charge in [-0.3, -0.25) is 4.79 Å². The molecule has 1 saturated heterocycles. The van der Waals surface area contributed by atoms with Crippen LogP contribution in [-0.4, -0.2) is 19.0 Å². The first kappa shape index (κ1) is 14.5. The molecule has 1 aromatic heterocycles. The molecule has 4 heteroatoms. The van der Waals surface area contributed by atoms with Crippen molar-refractivity contribution in [1.29, 1.82) is 0 Å². The molecule has 1 fully saturated rings. The van der Waals surface area contributed by atoms with Crippen LogP contribution in [0.1, 0.15) is 44.0 Å². The highest BCUT2D eigenvalue weighted by molar-refractivity contribution is 7.10. The minimum atomic E-state index is 0.129. The minimum Gasteiger partial charge on any atom is -0.349 e. The Labute approximate surface area is 119 Å². The SMILES string of the molecule is CC(CC(=O)N[C@H](C)c1cccs1)C1CCCNC1. The minimum absolute atomic E-state index is 0.129. The molecule has 0 bridgehead atoms. The lowest BCUT2D eigenvalue weighted by molar-refractivity contribution is -0.123. The molecule has 0 radical (unpaired) electrons. The molecule has 1 aromatic rings. The van der Waals surface area contributed by atoms with Gasteiger partial charge in [0.05, 0.1) is 6.04 Å². The number of hydrogen-bond donors (Lipinski definition) is 2. The van der Waals surface area contributed by atoms with E-state index >= 15 is 0 Å². The van der Waals surface area contributed by atoms with E-state index in [4.69, 9.17) is 0 Å². The Morgan fingerprint density at radius 2 is 2.42 bits per heavy atom. The zero-order valence-corrected chi connectivity index (χ0v) is 12.6. The predicted octanol–water partition coefficient (Wildman–Crippen LogP) is 2.95. The van der Waals surface area contributed by atoms with Gasteiger partial charge >= 0.3 is 0 Å². The summed E-state index contributed by atoms with van der Waals surface area (Å²) in [6.07, 6.45) is 3.13. The van der Waals surface area contributed by atoms with E-state index in [1.807, 2.05) is 11.4 Å². The summed E-state index contributed by atoms with van der Waals surface area (Å²) in [5.41, 5.74) is 0. The van der Waals surface area contributed by atoms with Crippen molar-refractivity contribution < 1.29 is 4.79 Å². The van der Waals surface area contributed by atoms with Crippen molar-refractivity contribution in [1.82, 2.24) is 10.6 Å². The third kappa shape index (κ3) is 4.32. The van der Waals surface area contributed by atoms with E-state index in [2.05, 4.69) is 30.5 Å². The summed E-state index contributed by atoms with van der Waals surface area (Å²) in [7, 11) is 0. The highest BCUT2D eigenvalue weighted by Crippen LogP contribution is 2.23. The second kappa shape index (κ2) is 7.06. The summed E-state index contributed by atoms with van der Waals surface area (Å²) < 4.78 is 0. The molecule has 0 aliphatic carbocycles. The van der Waals surface area contributed by atoms with Gasteiger partial charge < -0.3 is 10.6 Å². The fourth-order valence-electron chi connectivity index (χ4n) is 2.73. The van der Waals surface area contributed by atoms with Gasteiger partial charge in [-0.2, -0.15) is 0 Å². The topological polar surface area (TPSA) is 41.1 Å². The zero-order chi connectivity index (χ0) is 13.7. The van der Waals surface area contributed by atoms with Crippen molar-refractivity contribution in [3.63, 3.8) is 0 Å². The Morgan fingerprint density at radius 1 is 1.58 bits per heavy atom. The summed E-state index contributed by atoms with van der Waals surface area (Å²) in [4.78, 5) is 13.3. The van der Waals surface area contributed by atoms with Crippen LogP contribution in [0.2, 0.25) is 0 Å². The summed E-state index contributed by atoms with van der Waals surface area (Å²) in [6.45, 7) is 6.45. The zero-order valence-electron chi connectivity index (χ0n) is 11.8. The molecule has 1 aliphatic heterocycles. The molecule has 2 N–H and O–H groups in total. The lowest BCUT2D eigenvalue weighted by Gasteiger charge is -2.28. The summed E-state index contributed by atoms with van der Waals surface area (Å²) >= 11 is 1.70. The molecule has 2 heterocycles. The smallest absolute Gasteiger partial charge is 0.220 e. The molecule has 0 saturated carbocycles. The molecule has 2 unspecified atom stereocenters. The number of nitrogens with one attached hydrogen (secondary N) is 2. The van der Waals surface area contributed by atoms with Crippen LogP contribution < -0.4 is 10.6 Å². The van der Waals surface area contributed by atoms with E-state index in [1.165, 1.54) is 17.7 Å². The number of carbonyl (C=O) groups is 1. The molecule has 2 rings (SSSR count). The average molecular weight is 280 g/mol. The van der Waals surface area contributed by atoms with Crippen LogP contribution in [-0.2, 0) is 4.79 Å². The molecule has 106 valence electrons. The summed E-state index contributed by atoms with van der Waals surface area (Å²) in [5.74, 6) is 1.29. The molecular weight excluding hydrogens is 256 g/mol. The van der Waals surface area contributed by atoms with Gasteiger partial charge in [0.15, 0.2) is 0 Å². The first-order valence-electron chi connectivity index (χ1n) is 7.20. The number of carbonyl (C=O) groups excluding carboxylic acids is 1. The van der Waals surface area contributed by atoms with E-state index in [1.54, 1.807) is 11.3 Å². The monoisotopic (exact) mass is 280 g/mol. The first-order chi connectivity index (χ1) is 9.16. The maximum absolute atomic E-state index is 12.1. The first-order valence-corrected chi connectivity index (χ1v) is 8.08. The van der Waals surface area contributed by atoms with Crippen molar-refractivity contribution in [2.75, 3.05) is 13.1 Å². The van der Waals surface area contributed by atoms with Crippen LogP contribution in [0.4, 0.5) is 0 Å². The highest BCUT2D eigenvalue weighted by atomic mass is 32.1. The Bertz CT molecular complexity index is 385. The Balaban J connectivity index is 1.77. The molecule has 3 nitrogen and oxygen atoms in total. The standard InChI is InChI=1S/C15H24N2OS/c1-11(13-5-3-7-16-10-13)9-15(18)17-12(2)14-6-4-8-19-14/h4,6,8,11-13,16H,3,5,7,9-10H2,1-2H3,(H,17,18)/t11?,12-,13?/m1/s1. The number of rotatable bonds is 5. The van der Waals surface area contributed by atoms with Crippen LogP contribution in [0.25, 0.3) is 0 Å². The van der Waals surface area contributed by atoms with Gasteiger partial charge in [-0.05, 0) is 56.1 Å². The maximum atomic E-state index is 12.1. The molecular formula is C15H24N2OS. The molecule has 3 atom stereocenters. The molecule has 0 aromatic carbocycles. The number of piperidine rings is 1. The van der Waals surface area contributed by atoms with Gasteiger partial charge in [0.2, 0.25) is 5.91 Å². The molecule has 19 heavy (non-hydrogen) atoms. The normalized spacial score (nSPS) is 22.7. The third-order valence-electron chi connectivity index (χ3n) is 3.99. The number of thiophene rings is 1. The second-order valence-corrected chi connectivity index (χ2v) is 6.57. The van der Waals surface area contributed by atoms with E-state index in [0.717, 1.165) is 13.1 Å². The van der Waals surface area contributed by atoms with E-state index < -0.39 is 0 Å². The van der Waals surface area contributed by atoms with Gasteiger partial charge in [-0.25, -0.2) is 0 Å². The van der Waals surface area contributed by atoms with Crippen LogP contribution in [0, 0.1) is 11.8 Å². The van der Waals surface area contributed by atoms with Gasteiger partial charge in [-0.15, -0.1) is 11.3 Å². The van der Waals surface area contributed by atoms with Gasteiger partial charge in [0.1, 0.15) is 0 Å². The fraction of sp³-hybridized carbons (Fsp3) is 0.667.